The van der Waals surface area contributed by atoms with Crippen molar-refractivity contribution in [1.82, 2.24) is 20.0 Å². The lowest BCUT2D eigenvalue weighted by molar-refractivity contribution is -0.145. The van der Waals surface area contributed by atoms with E-state index in [0.29, 0.717) is 44.5 Å². The Labute approximate surface area is 236 Å². The highest BCUT2D eigenvalue weighted by molar-refractivity contribution is 6.30. The number of ether oxygens (including phenoxy) is 1. The zero-order valence-electron chi connectivity index (χ0n) is 23.0. The van der Waals surface area contributed by atoms with Crippen LogP contribution in [0.2, 0.25) is 5.02 Å². The van der Waals surface area contributed by atoms with Crippen molar-refractivity contribution in [2.24, 2.45) is 17.3 Å². The van der Waals surface area contributed by atoms with Gasteiger partial charge in [0.2, 0.25) is 5.91 Å². The molecule has 5 rings (SSSR count). The summed E-state index contributed by atoms with van der Waals surface area (Å²) in [5.74, 6) is 3.08. The molecule has 2 atom stereocenters. The van der Waals surface area contributed by atoms with Gasteiger partial charge >= 0.3 is 0 Å². The minimum absolute atomic E-state index is 0.0599. The largest absolute Gasteiger partial charge is 0.365 e. The Hall–Kier alpha value is -2.73. The van der Waals surface area contributed by atoms with Crippen LogP contribution in [0.5, 0.6) is 0 Å². The molecule has 0 bridgehead atoms. The SMILES string of the molecule is C#CCCC1(CCNC(=O)[C@H]2CN(C3CCC(c4cc(C)n(C)n4)CC3)[C@@H](Cc3ccc(Cl)cc3)CO2)N=N1. The summed E-state index contributed by atoms with van der Waals surface area (Å²) in [6.45, 7) is 3.74. The first-order valence-corrected chi connectivity index (χ1v) is 14.5. The van der Waals surface area contributed by atoms with Crippen LogP contribution in [0.4, 0.5) is 0 Å². The number of terminal acetylenes is 1. The van der Waals surface area contributed by atoms with Crippen molar-refractivity contribution in [3.63, 3.8) is 0 Å². The summed E-state index contributed by atoms with van der Waals surface area (Å²) < 4.78 is 8.14. The number of nitrogens with one attached hydrogen (secondary N) is 1. The third-order valence-electron chi connectivity index (χ3n) is 8.61. The van der Waals surface area contributed by atoms with E-state index in [1.54, 1.807) is 0 Å². The van der Waals surface area contributed by atoms with Crippen molar-refractivity contribution in [3.05, 3.63) is 52.3 Å². The number of hydrogen-bond acceptors (Lipinski definition) is 6. The zero-order valence-corrected chi connectivity index (χ0v) is 23.7. The average molecular weight is 551 g/mol. The first kappa shape index (κ1) is 27.8. The number of amides is 1. The number of halogens is 1. The second-order valence-electron chi connectivity index (χ2n) is 11.3. The van der Waals surface area contributed by atoms with E-state index < -0.39 is 11.8 Å². The van der Waals surface area contributed by atoms with Gasteiger partial charge < -0.3 is 10.1 Å². The quantitative estimate of drug-likeness (QED) is 0.431. The van der Waals surface area contributed by atoms with Crippen LogP contribution in [0.1, 0.15) is 67.8 Å². The second-order valence-corrected chi connectivity index (χ2v) is 11.7. The highest BCUT2D eigenvalue weighted by Gasteiger charge is 2.40. The normalized spacial score (nSPS) is 26.2. The molecular formula is C30H39ClN6O2. The number of aryl methyl sites for hydroxylation is 2. The summed E-state index contributed by atoms with van der Waals surface area (Å²) in [6, 6.07) is 10.9. The lowest BCUT2D eigenvalue weighted by Crippen LogP contribution is -2.58. The predicted molar refractivity (Wildman–Crippen MR) is 152 cm³/mol. The Morgan fingerprint density at radius 1 is 1.21 bits per heavy atom. The van der Waals surface area contributed by atoms with E-state index >= 15 is 0 Å². The molecule has 0 unspecified atom stereocenters. The Morgan fingerprint density at radius 3 is 2.59 bits per heavy atom. The Balaban J connectivity index is 1.21. The van der Waals surface area contributed by atoms with E-state index in [1.165, 1.54) is 17.0 Å². The number of benzene rings is 1. The molecule has 208 valence electrons. The van der Waals surface area contributed by atoms with Crippen LogP contribution in [0, 0.1) is 19.3 Å². The lowest BCUT2D eigenvalue weighted by Gasteiger charge is -2.45. The van der Waals surface area contributed by atoms with Crippen LogP contribution in [0.3, 0.4) is 0 Å². The number of rotatable bonds is 10. The molecule has 1 saturated carbocycles. The fourth-order valence-corrected chi connectivity index (χ4v) is 6.18. The molecule has 0 radical (unpaired) electrons. The summed E-state index contributed by atoms with van der Waals surface area (Å²) >= 11 is 6.13. The van der Waals surface area contributed by atoms with Crippen molar-refractivity contribution in [1.29, 1.82) is 0 Å². The van der Waals surface area contributed by atoms with E-state index in [4.69, 9.17) is 27.9 Å². The van der Waals surface area contributed by atoms with Gasteiger partial charge in [0.25, 0.3) is 0 Å². The highest BCUT2D eigenvalue weighted by atomic mass is 35.5. The minimum atomic E-state index is -0.489. The number of morpholine rings is 1. The van der Waals surface area contributed by atoms with E-state index in [-0.39, 0.29) is 11.9 Å². The standard InChI is InChI=1S/C30H39ClN6O2/c1-4-5-14-30(34-35-30)15-16-32-29(38)28-19-37(26(20-39-28)18-22-6-10-24(31)11-7-22)25-12-8-23(9-13-25)27-17-21(2)36(3)33-27/h1,6-7,10-11,17,23,25-26,28H,5,8-9,12-16,18-20H2,2-3H3,(H,32,38)/t23?,25?,26-,28+/m0/s1. The van der Waals surface area contributed by atoms with E-state index in [0.717, 1.165) is 43.5 Å². The maximum absolute atomic E-state index is 13.1. The second kappa shape index (κ2) is 12.2. The van der Waals surface area contributed by atoms with Gasteiger partial charge in [-0.15, -0.1) is 12.3 Å². The van der Waals surface area contributed by atoms with Gasteiger partial charge in [0.05, 0.1) is 12.3 Å². The van der Waals surface area contributed by atoms with Gasteiger partial charge in [0, 0.05) is 68.1 Å². The third kappa shape index (κ3) is 6.89. The molecule has 0 spiro atoms. The number of aromatic nitrogens is 2. The van der Waals surface area contributed by atoms with Crippen molar-refractivity contribution in [2.45, 2.75) is 88.1 Å². The van der Waals surface area contributed by atoms with Crippen molar-refractivity contribution in [3.8, 4) is 12.3 Å². The van der Waals surface area contributed by atoms with E-state index in [1.807, 2.05) is 23.9 Å². The molecule has 3 aliphatic rings. The minimum Gasteiger partial charge on any atom is -0.365 e. The lowest BCUT2D eigenvalue weighted by atomic mass is 9.82. The van der Waals surface area contributed by atoms with Gasteiger partial charge in [0.1, 0.15) is 6.10 Å². The molecule has 1 saturated heterocycles. The summed E-state index contributed by atoms with van der Waals surface area (Å²) in [4.78, 5) is 15.7. The van der Waals surface area contributed by atoms with Gasteiger partial charge in [-0.1, -0.05) is 23.7 Å². The van der Waals surface area contributed by atoms with Crippen LogP contribution in [0.15, 0.2) is 40.6 Å². The molecule has 2 aromatic rings. The molecule has 1 aromatic heterocycles. The van der Waals surface area contributed by atoms with Crippen molar-refractivity contribution < 1.29 is 9.53 Å². The Morgan fingerprint density at radius 2 is 1.95 bits per heavy atom. The van der Waals surface area contributed by atoms with E-state index in [9.17, 15) is 4.79 Å². The van der Waals surface area contributed by atoms with Gasteiger partial charge in [-0.2, -0.15) is 15.3 Å². The van der Waals surface area contributed by atoms with Crippen LogP contribution < -0.4 is 5.32 Å². The van der Waals surface area contributed by atoms with Crippen LogP contribution in [0.25, 0.3) is 0 Å². The number of hydrogen-bond donors (Lipinski definition) is 1. The van der Waals surface area contributed by atoms with Crippen LogP contribution in [-0.2, 0) is 23.0 Å². The van der Waals surface area contributed by atoms with E-state index in [2.05, 4.69) is 51.5 Å². The molecule has 8 nitrogen and oxygen atoms in total. The number of carbonyl (C=O) groups excluding carboxylic acids is 1. The topological polar surface area (TPSA) is 84.1 Å². The predicted octanol–water partition coefficient (Wildman–Crippen LogP) is 4.80. The van der Waals surface area contributed by atoms with Gasteiger partial charge in [-0.25, -0.2) is 0 Å². The van der Waals surface area contributed by atoms with Gasteiger partial charge in [0.15, 0.2) is 5.66 Å². The van der Waals surface area contributed by atoms with Gasteiger partial charge in [-0.05, 0) is 62.8 Å². The third-order valence-corrected chi connectivity index (χ3v) is 8.86. The maximum atomic E-state index is 13.1. The monoisotopic (exact) mass is 550 g/mol. The average Bonchev–Trinajstić information content (AvgIpc) is 3.64. The van der Waals surface area contributed by atoms with Crippen LogP contribution >= 0.6 is 11.6 Å². The fraction of sp³-hybridized carbons (Fsp3) is 0.600. The van der Waals surface area contributed by atoms with Crippen molar-refractivity contribution >= 4 is 17.5 Å². The fourth-order valence-electron chi connectivity index (χ4n) is 6.05. The molecule has 1 N–H and O–H groups in total. The summed E-state index contributed by atoms with van der Waals surface area (Å²) in [6.07, 6.45) is 12.2. The first-order valence-electron chi connectivity index (χ1n) is 14.1. The molecule has 3 heterocycles. The van der Waals surface area contributed by atoms with Crippen molar-refractivity contribution in [2.75, 3.05) is 19.7 Å². The zero-order chi connectivity index (χ0) is 27.4. The smallest absolute Gasteiger partial charge is 0.250 e. The summed E-state index contributed by atoms with van der Waals surface area (Å²) in [7, 11) is 2.01. The molecule has 1 amide bonds. The molecule has 1 aromatic carbocycles. The Kier molecular flexibility index (Phi) is 8.70. The summed E-state index contributed by atoms with van der Waals surface area (Å²) in [5, 5.41) is 16.9. The molecule has 2 aliphatic heterocycles. The number of nitrogens with zero attached hydrogens (tertiary/aromatic N) is 5. The molecular weight excluding hydrogens is 512 g/mol. The molecule has 2 fully saturated rings. The van der Waals surface area contributed by atoms with Crippen LogP contribution in [-0.4, -0.2) is 64.1 Å². The summed E-state index contributed by atoms with van der Waals surface area (Å²) in [5.41, 5.74) is 3.24. The first-order chi connectivity index (χ1) is 18.9. The molecule has 9 heteroatoms. The molecule has 1 aliphatic carbocycles. The maximum Gasteiger partial charge on any atom is 0.250 e. The Bertz CT molecular complexity index is 1190. The number of carbonyl (C=O) groups is 1. The molecule has 39 heavy (non-hydrogen) atoms. The highest BCUT2D eigenvalue weighted by Crippen LogP contribution is 2.37. The van der Waals surface area contributed by atoms with Gasteiger partial charge in [-0.3, -0.25) is 14.4 Å².